The Labute approximate surface area is 109 Å². The summed E-state index contributed by atoms with van der Waals surface area (Å²) in [5.74, 6) is 0.409. The van der Waals surface area contributed by atoms with Gasteiger partial charge < -0.3 is 14.7 Å². The Bertz CT molecular complexity index is 594. The lowest BCUT2D eigenvalue weighted by atomic mass is 10.2. The maximum atomic E-state index is 12.0. The summed E-state index contributed by atoms with van der Waals surface area (Å²) in [4.78, 5) is 18.2. The van der Waals surface area contributed by atoms with Gasteiger partial charge >= 0.3 is 0 Å². The van der Waals surface area contributed by atoms with Crippen molar-refractivity contribution in [2.45, 2.75) is 6.92 Å². The quantitative estimate of drug-likeness (QED) is 0.924. The van der Waals surface area contributed by atoms with Gasteiger partial charge in [-0.05, 0) is 13.0 Å². The van der Waals surface area contributed by atoms with E-state index < -0.39 is 0 Å². The van der Waals surface area contributed by atoms with Gasteiger partial charge in [0.1, 0.15) is 10.4 Å². The van der Waals surface area contributed by atoms with Gasteiger partial charge in [0.25, 0.3) is 5.91 Å². The van der Waals surface area contributed by atoms with Gasteiger partial charge in [-0.2, -0.15) is 0 Å². The molecule has 1 N–H and O–H groups in total. The van der Waals surface area contributed by atoms with E-state index in [1.165, 1.54) is 24.6 Å². The molecule has 0 unspecified atom stereocenters. The first-order chi connectivity index (χ1) is 8.58. The molecular formula is C12H14N2O3S. The highest BCUT2D eigenvalue weighted by Crippen LogP contribution is 2.37. The molecule has 2 aromatic heterocycles. The monoisotopic (exact) mass is 266 g/mol. The molecule has 0 aliphatic rings. The number of amides is 1. The van der Waals surface area contributed by atoms with Gasteiger partial charge in [0, 0.05) is 19.0 Å². The number of hydrogen-bond donors (Lipinski definition) is 1. The third-order valence-corrected chi connectivity index (χ3v) is 3.84. The molecule has 0 atom stereocenters. The summed E-state index contributed by atoms with van der Waals surface area (Å²) in [5.41, 5.74) is 0. The molecule has 0 bridgehead atoms. The molecule has 2 aromatic rings. The second-order valence-electron chi connectivity index (χ2n) is 3.83. The number of methoxy groups -OCH3 is 1. The number of rotatable bonds is 3. The number of aromatic hydroxyl groups is 1. The van der Waals surface area contributed by atoms with Gasteiger partial charge in [0.2, 0.25) is 5.88 Å². The minimum Gasteiger partial charge on any atom is -0.506 e. The number of aromatic nitrogens is 1. The van der Waals surface area contributed by atoms with E-state index in [2.05, 4.69) is 4.98 Å². The number of ether oxygens (including phenoxy) is 1. The number of pyridine rings is 1. The lowest BCUT2D eigenvalue weighted by Crippen LogP contribution is -2.25. The van der Waals surface area contributed by atoms with E-state index in [1.54, 1.807) is 18.0 Å². The van der Waals surface area contributed by atoms with Crippen LogP contribution in [0.4, 0.5) is 0 Å². The minimum atomic E-state index is -0.0693. The van der Waals surface area contributed by atoms with E-state index in [9.17, 15) is 9.90 Å². The summed E-state index contributed by atoms with van der Waals surface area (Å²) in [6.45, 7) is 2.54. The zero-order chi connectivity index (χ0) is 13.3. The lowest BCUT2D eigenvalue weighted by Gasteiger charge is -2.12. The van der Waals surface area contributed by atoms with Crippen molar-refractivity contribution in [3.8, 4) is 11.6 Å². The van der Waals surface area contributed by atoms with Crippen LogP contribution in [-0.2, 0) is 0 Å². The Morgan fingerprint density at radius 1 is 1.61 bits per heavy atom. The average Bonchev–Trinajstić information content (AvgIpc) is 2.83. The first-order valence-electron chi connectivity index (χ1n) is 5.49. The molecule has 0 aliphatic heterocycles. The van der Waals surface area contributed by atoms with Crippen LogP contribution in [0.15, 0.2) is 12.3 Å². The number of fused-ring (bicyclic) bond motifs is 1. The van der Waals surface area contributed by atoms with Crippen molar-refractivity contribution in [3.05, 3.63) is 17.1 Å². The second kappa shape index (κ2) is 4.81. The van der Waals surface area contributed by atoms with E-state index in [0.717, 1.165) is 0 Å². The Morgan fingerprint density at radius 3 is 2.94 bits per heavy atom. The maximum absolute atomic E-state index is 12.0. The van der Waals surface area contributed by atoms with Crippen molar-refractivity contribution in [1.29, 1.82) is 0 Å². The van der Waals surface area contributed by atoms with Gasteiger partial charge in [0.05, 0.1) is 18.2 Å². The topological polar surface area (TPSA) is 62.7 Å². The van der Waals surface area contributed by atoms with E-state index in [4.69, 9.17) is 4.74 Å². The largest absolute Gasteiger partial charge is 0.506 e. The molecule has 18 heavy (non-hydrogen) atoms. The third-order valence-electron chi connectivity index (χ3n) is 2.73. The molecule has 0 aliphatic carbocycles. The third kappa shape index (κ3) is 1.99. The molecule has 0 aromatic carbocycles. The van der Waals surface area contributed by atoms with Crippen LogP contribution in [0.2, 0.25) is 0 Å². The molecule has 0 spiro atoms. The zero-order valence-electron chi connectivity index (χ0n) is 10.4. The molecule has 0 radical (unpaired) electrons. The standard InChI is InChI=1S/C12H14N2O3S/c1-4-14(2)12(16)9-5-7-8(15)6-13-11(17-3)10(7)18-9/h5-6,15H,4H2,1-3H3. The molecule has 96 valence electrons. The number of carbonyl (C=O) groups excluding carboxylic acids is 1. The SMILES string of the molecule is CCN(C)C(=O)c1cc2c(O)cnc(OC)c2s1. The fourth-order valence-corrected chi connectivity index (χ4v) is 2.71. The highest BCUT2D eigenvalue weighted by Gasteiger charge is 2.18. The lowest BCUT2D eigenvalue weighted by molar-refractivity contribution is 0.0807. The average molecular weight is 266 g/mol. The van der Waals surface area contributed by atoms with E-state index in [0.29, 0.717) is 27.4 Å². The van der Waals surface area contributed by atoms with Crippen LogP contribution in [0.5, 0.6) is 11.6 Å². The van der Waals surface area contributed by atoms with Gasteiger partial charge in [-0.25, -0.2) is 4.98 Å². The smallest absolute Gasteiger partial charge is 0.263 e. The summed E-state index contributed by atoms with van der Waals surface area (Å²) in [6, 6.07) is 1.67. The highest BCUT2D eigenvalue weighted by molar-refractivity contribution is 7.21. The van der Waals surface area contributed by atoms with Gasteiger partial charge in [0.15, 0.2) is 0 Å². The number of thiophene rings is 1. The molecule has 0 saturated heterocycles. The molecule has 2 heterocycles. The summed E-state index contributed by atoms with van der Waals surface area (Å²) < 4.78 is 5.81. The number of carbonyl (C=O) groups is 1. The van der Waals surface area contributed by atoms with Crippen molar-refractivity contribution < 1.29 is 14.6 Å². The highest BCUT2D eigenvalue weighted by atomic mass is 32.1. The van der Waals surface area contributed by atoms with E-state index >= 15 is 0 Å². The Hall–Kier alpha value is -1.82. The molecule has 2 rings (SSSR count). The van der Waals surface area contributed by atoms with Gasteiger partial charge in [-0.3, -0.25) is 4.79 Å². The second-order valence-corrected chi connectivity index (χ2v) is 4.88. The van der Waals surface area contributed by atoms with Crippen LogP contribution in [0.25, 0.3) is 10.1 Å². The Morgan fingerprint density at radius 2 is 2.33 bits per heavy atom. The fourth-order valence-electron chi connectivity index (χ4n) is 1.57. The van der Waals surface area contributed by atoms with Gasteiger partial charge in [-0.15, -0.1) is 11.3 Å². The first kappa shape index (κ1) is 12.6. The molecular weight excluding hydrogens is 252 g/mol. The summed E-state index contributed by atoms with van der Waals surface area (Å²) in [7, 11) is 3.25. The minimum absolute atomic E-state index is 0.0558. The molecule has 1 amide bonds. The van der Waals surface area contributed by atoms with Crippen LogP contribution in [-0.4, -0.2) is 41.6 Å². The maximum Gasteiger partial charge on any atom is 0.263 e. The molecule has 0 saturated carbocycles. The van der Waals surface area contributed by atoms with Crippen molar-refractivity contribution in [2.75, 3.05) is 20.7 Å². The van der Waals surface area contributed by atoms with Crippen molar-refractivity contribution in [1.82, 2.24) is 9.88 Å². The normalized spacial score (nSPS) is 10.6. The molecule has 5 nitrogen and oxygen atoms in total. The van der Waals surface area contributed by atoms with Crippen LogP contribution < -0.4 is 4.74 Å². The van der Waals surface area contributed by atoms with Crippen LogP contribution in [0.3, 0.4) is 0 Å². The van der Waals surface area contributed by atoms with Crippen molar-refractivity contribution in [3.63, 3.8) is 0 Å². The predicted octanol–water partition coefficient (Wildman–Crippen LogP) is 2.10. The van der Waals surface area contributed by atoms with Crippen LogP contribution in [0.1, 0.15) is 16.6 Å². The molecule has 6 heteroatoms. The van der Waals surface area contributed by atoms with E-state index in [1.807, 2.05) is 6.92 Å². The number of hydrogen-bond acceptors (Lipinski definition) is 5. The fraction of sp³-hybridized carbons (Fsp3) is 0.333. The zero-order valence-corrected chi connectivity index (χ0v) is 11.2. The van der Waals surface area contributed by atoms with Gasteiger partial charge in [-0.1, -0.05) is 0 Å². The Kier molecular flexibility index (Phi) is 3.38. The molecule has 0 fully saturated rings. The van der Waals surface area contributed by atoms with Crippen molar-refractivity contribution >= 4 is 27.3 Å². The van der Waals surface area contributed by atoms with Crippen LogP contribution >= 0.6 is 11.3 Å². The van der Waals surface area contributed by atoms with Crippen LogP contribution in [0, 0.1) is 0 Å². The predicted molar refractivity (Wildman–Crippen MR) is 70.5 cm³/mol. The number of nitrogens with zero attached hydrogens (tertiary/aromatic N) is 2. The van der Waals surface area contributed by atoms with E-state index in [-0.39, 0.29) is 11.7 Å². The summed E-state index contributed by atoms with van der Waals surface area (Å²) in [6.07, 6.45) is 1.33. The Balaban J connectivity index is 2.56. The van der Waals surface area contributed by atoms with Crippen molar-refractivity contribution in [2.24, 2.45) is 0 Å². The summed E-state index contributed by atoms with van der Waals surface area (Å²) in [5, 5.41) is 10.3. The summed E-state index contributed by atoms with van der Waals surface area (Å²) >= 11 is 1.28. The first-order valence-corrected chi connectivity index (χ1v) is 6.31.